The highest BCUT2D eigenvalue weighted by Crippen LogP contribution is 2.60. The van der Waals surface area contributed by atoms with Gasteiger partial charge in [-0.25, -0.2) is 0 Å². The lowest BCUT2D eigenvalue weighted by atomic mass is 9.82. The smallest absolute Gasteiger partial charge is 0.297 e. The third-order valence-corrected chi connectivity index (χ3v) is 15.9. The largest absolute Gasteiger partial charge is 0.497 e. The Bertz CT molecular complexity index is 2190. The minimum absolute atomic E-state index is 0.00554. The number of benzene rings is 3. The molecule has 2 aliphatic rings. The fourth-order valence-corrected chi connectivity index (χ4v) is 12.9. The molecule has 1 amide bonds. The van der Waals surface area contributed by atoms with Gasteiger partial charge in [-0.3, -0.25) is 18.8 Å². The number of hydrogen-bond acceptors (Lipinski definition) is 8. The second-order valence-electron chi connectivity index (χ2n) is 14.4. The first-order valence-electron chi connectivity index (χ1n) is 17.8. The number of ether oxygens (including phenoxy) is 3. The number of anilines is 1. The van der Waals surface area contributed by atoms with Crippen LogP contribution in [0.15, 0.2) is 101 Å². The number of hydrogen-bond donors (Lipinski definition) is 1. The van der Waals surface area contributed by atoms with Crippen LogP contribution in [0.5, 0.6) is 11.5 Å². The van der Waals surface area contributed by atoms with Crippen molar-refractivity contribution in [2.75, 3.05) is 25.7 Å². The van der Waals surface area contributed by atoms with E-state index >= 15 is 4.79 Å². The molecule has 5 aromatic rings. The Morgan fingerprint density at radius 1 is 1.00 bits per heavy atom. The van der Waals surface area contributed by atoms with Crippen molar-refractivity contribution in [2.24, 2.45) is 5.92 Å². The molecular formula is C40H44BrN5O6Si. The molecule has 13 heteroatoms. The first-order chi connectivity index (χ1) is 25.5. The van der Waals surface area contributed by atoms with Crippen LogP contribution in [0, 0.1) is 5.92 Å². The van der Waals surface area contributed by atoms with E-state index in [9.17, 15) is 9.90 Å². The van der Waals surface area contributed by atoms with Crippen molar-refractivity contribution >= 4 is 40.8 Å². The molecule has 2 aliphatic heterocycles. The third-order valence-electron chi connectivity index (χ3n) is 11.1. The molecule has 0 radical (unpaired) electrons. The first kappa shape index (κ1) is 36.8. The van der Waals surface area contributed by atoms with Crippen molar-refractivity contribution < 1.29 is 24.1 Å². The number of carbonyl (C=O) groups excluding carboxylic acids is 1. The Kier molecular flexibility index (Phi) is 10.2. The summed E-state index contributed by atoms with van der Waals surface area (Å²) in [6.07, 6.45) is 4.38. The summed E-state index contributed by atoms with van der Waals surface area (Å²) in [7, 11) is 0.799. The van der Waals surface area contributed by atoms with Gasteiger partial charge in [-0.05, 0) is 72.1 Å². The van der Waals surface area contributed by atoms with Gasteiger partial charge < -0.3 is 24.2 Å². The monoisotopic (exact) mass is 797 g/mol. The minimum Gasteiger partial charge on any atom is -0.497 e. The summed E-state index contributed by atoms with van der Waals surface area (Å²) in [5.74, 6) is 0.776. The van der Waals surface area contributed by atoms with E-state index in [0.29, 0.717) is 31.6 Å². The van der Waals surface area contributed by atoms with Gasteiger partial charge in [0.15, 0.2) is 11.4 Å². The van der Waals surface area contributed by atoms with Gasteiger partial charge in [-0.1, -0.05) is 70.6 Å². The number of amides is 1. The number of aromatic nitrogens is 4. The van der Waals surface area contributed by atoms with E-state index < -0.39 is 13.7 Å². The normalized spacial score (nSPS) is 21.0. The third kappa shape index (κ3) is 6.53. The van der Waals surface area contributed by atoms with Crippen LogP contribution in [0.3, 0.4) is 0 Å². The molecule has 0 saturated carbocycles. The second-order valence-corrected chi connectivity index (χ2v) is 20.0. The SMILES string of the molecule is COc1ccc([Si](C)(C)[C@H]2[C@H](CCn3cc(CCO)nn3)O[C@@]3(C(=O)N(Cc4cccc(-n5cccc(OC)c5=O)c4)c4ccc(Br)cc43)[C@@H]2C)cc1. The summed E-state index contributed by atoms with van der Waals surface area (Å²) in [6, 6.07) is 25.4. The number of fused-ring (bicyclic) bond motifs is 2. The molecule has 0 unspecified atom stereocenters. The molecular weight excluding hydrogens is 754 g/mol. The zero-order valence-electron chi connectivity index (χ0n) is 30.5. The van der Waals surface area contributed by atoms with Crippen LogP contribution in [-0.2, 0) is 34.6 Å². The van der Waals surface area contributed by atoms with E-state index in [0.717, 1.165) is 32.7 Å². The van der Waals surface area contributed by atoms with Crippen LogP contribution in [0.1, 0.15) is 30.2 Å². The number of halogens is 1. The van der Waals surface area contributed by atoms with Crippen molar-refractivity contribution in [1.29, 1.82) is 0 Å². The number of aliphatic hydroxyl groups excluding tert-OH is 1. The number of pyridine rings is 1. The van der Waals surface area contributed by atoms with Crippen molar-refractivity contribution in [2.45, 2.75) is 63.2 Å². The number of nitrogens with zero attached hydrogens (tertiary/aromatic N) is 5. The Morgan fingerprint density at radius 3 is 2.53 bits per heavy atom. The van der Waals surface area contributed by atoms with Crippen molar-refractivity contribution in [1.82, 2.24) is 19.6 Å². The number of methoxy groups -OCH3 is 2. The Balaban J connectivity index is 1.28. The minimum atomic E-state index is -2.35. The second kappa shape index (κ2) is 14.7. The number of aryl methyl sites for hydroxylation is 1. The summed E-state index contributed by atoms with van der Waals surface area (Å²) in [4.78, 5) is 30.2. The Labute approximate surface area is 318 Å². The van der Waals surface area contributed by atoms with Crippen LogP contribution < -0.4 is 25.1 Å². The zero-order chi connectivity index (χ0) is 37.5. The van der Waals surface area contributed by atoms with Gasteiger partial charge in [-0.2, -0.15) is 0 Å². The topological polar surface area (TPSA) is 121 Å². The summed E-state index contributed by atoms with van der Waals surface area (Å²) in [5, 5.41) is 19.2. The molecule has 53 heavy (non-hydrogen) atoms. The maximum atomic E-state index is 15.3. The van der Waals surface area contributed by atoms with Crippen LogP contribution in [-0.4, -0.2) is 65.6 Å². The fraction of sp³-hybridized carbons (Fsp3) is 0.350. The summed E-state index contributed by atoms with van der Waals surface area (Å²) >= 11 is 3.70. The van der Waals surface area contributed by atoms with E-state index in [-0.39, 0.29) is 41.4 Å². The zero-order valence-corrected chi connectivity index (χ0v) is 33.1. The summed E-state index contributed by atoms with van der Waals surface area (Å²) in [5.41, 5.74) is 2.50. The van der Waals surface area contributed by atoms with Gasteiger partial charge in [-0.15, -0.1) is 5.10 Å². The Morgan fingerprint density at radius 2 is 1.79 bits per heavy atom. The molecule has 276 valence electrons. The number of carbonyl (C=O) groups is 1. The standard InChI is InChI=1S/C40H44BrN5O6Si/c1-26-37(53(4,5)32-14-12-31(50-2)13-15-32)35(17-20-44-25-29(18-21-47)42-43-44)52-40(26)33-23-28(41)11-16-34(33)46(39(40)49)24-27-8-6-9-30(22-27)45-19-7-10-36(51-3)38(45)48/h6-16,19,22-23,25-26,35,37,47H,17-18,20-21,24H2,1-5H3/t26-,35+,37-,40+/m1/s1. The Hall–Kier alpha value is -4.56. The molecule has 7 rings (SSSR count). The van der Waals surface area contributed by atoms with Gasteiger partial charge in [0.2, 0.25) is 0 Å². The highest BCUT2D eigenvalue weighted by Gasteiger charge is 2.66. The van der Waals surface area contributed by atoms with Gasteiger partial charge >= 0.3 is 0 Å². The molecule has 1 saturated heterocycles. The van der Waals surface area contributed by atoms with Crippen LogP contribution in [0.25, 0.3) is 5.69 Å². The van der Waals surface area contributed by atoms with Crippen molar-refractivity contribution in [3.63, 3.8) is 0 Å². The predicted octanol–water partition coefficient (Wildman–Crippen LogP) is 5.60. The quantitative estimate of drug-likeness (QED) is 0.162. The van der Waals surface area contributed by atoms with Crippen LogP contribution in [0.4, 0.5) is 5.69 Å². The summed E-state index contributed by atoms with van der Waals surface area (Å²) < 4.78 is 22.3. The molecule has 1 spiro atoms. The van der Waals surface area contributed by atoms with E-state index in [1.165, 1.54) is 12.3 Å². The molecule has 2 aromatic heterocycles. The number of rotatable bonds is 12. The van der Waals surface area contributed by atoms with E-state index in [1.807, 2.05) is 65.7 Å². The molecule has 3 aromatic carbocycles. The highest BCUT2D eigenvalue weighted by molar-refractivity contribution is 9.10. The molecule has 4 heterocycles. The highest BCUT2D eigenvalue weighted by atomic mass is 79.9. The predicted molar refractivity (Wildman–Crippen MR) is 209 cm³/mol. The van der Waals surface area contributed by atoms with Gasteiger partial charge in [0.1, 0.15) is 5.75 Å². The number of aliphatic hydroxyl groups is 1. The van der Waals surface area contributed by atoms with Crippen molar-refractivity contribution in [3.8, 4) is 17.2 Å². The van der Waals surface area contributed by atoms with Crippen LogP contribution in [0.2, 0.25) is 18.6 Å². The van der Waals surface area contributed by atoms with Gasteiger partial charge in [0, 0.05) is 53.6 Å². The first-order valence-corrected chi connectivity index (χ1v) is 21.7. The molecule has 1 fully saturated rings. The lowest BCUT2D eigenvalue weighted by molar-refractivity contribution is -0.146. The fourth-order valence-electron chi connectivity index (χ4n) is 8.47. The molecule has 1 N–H and O–H groups in total. The van der Waals surface area contributed by atoms with Gasteiger partial charge in [0.05, 0.1) is 46.3 Å². The van der Waals surface area contributed by atoms with Gasteiger partial charge in [0.25, 0.3) is 11.5 Å². The van der Waals surface area contributed by atoms with E-state index in [4.69, 9.17) is 14.2 Å². The van der Waals surface area contributed by atoms with Crippen molar-refractivity contribution in [3.05, 3.63) is 123 Å². The van der Waals surface area contributed by atoms with Crippen LogP contribution >= 0.6 is 15.9 Å². The van der Waals surface area contributed by atoms with E-state index in [2.05, 4.69) is 58.4 Å². The molecule has 11 nitrogen and oxygen atoms in total. The maximum absolute atomic E-state index is 15.3. The summed E-state index contributed by atoms with van der Waals surface area (Å²) in [6.45, 7) is 7.76. The molecule has 4 atom stereocenters. The molecule has 0 bridgehead atoms. The lowest BCUT2D eigenvalue weighted by Crippen LogP contribution is -2.51. The molecule has 0 aliphatic carbocycles. The lowest BCUT2D eigenvalue weighted by Gasteiger charge is -2.37. The van der Waals surface area contributed by atoms with E-state index in [1.54, 1.807) is 34.7 Å². The maximum Gasteiger partial charge on any atom is 0.297 e. The average molecular weight is 799 g/mol. The average Bonchev–Trinajstić information content (AvgIpc) is 3.80.